The molecule has 4 N–H and O–H groups in total. The topological polar surface area (TPSA) is 149 Å². The van der Waals surface area contributed by atoms with E-state index in [4.69, 9.17) is 9.11 Å². The highest BCUT2D eigenvalue weighted by Gasteiger charge is 2.29. The minimum Gasteiger partial charge on any atom is -0.506 e. The highest BCUT2D eigenvalue weighted by atomic mass is 32.2. The molecular formula is C7H8O8S2. The third-order valence-corrected chi connectivity index (χ3v) is 3.69. The molecule has 17 heavy (non-hydrogen) atoms. The Morgan fingerprint density at radius 3 is 1.76 bits per heavy atom. The van der Waals surface area contributed by atoms with Crippen molar-refractivity contribution in [2.24, 2.45) is 0 Å². The molecule has 0 spiro atoms. The fraction of sp³-hybridized carbons (Fsp3) is 0.143. The molecule has 0 aliphatic carbocycles. The van der Waals surface area contributed by atoms with E-state index in [1.54, 1.807) is 0 Å². The lowest BCUT2D eigenvalue weighted by atomic mass is 10.2. The Hall–Kier alpha value is -1.36. The summed E-state index contributed by atoms with van der Waals surface area (Å²) in [4.78, 5) is -2.49. The maximum Gasteiger partial charge on any atom is 0.302 e. The van der Waals surface area contributed by atoms with Crippen molar-refractivity contribution >= 4 is 20.2 Å². The van der Waals surface area contributed by atoms with Gasteiger partial charge in [-0.15, -0.1) is 0 Å². The van der Waals surface area contributed by atoms with Crippen molar-refractivity contribution in [3.8, 4) is 11.5 Å². The molecule has 8 nitrogen and oxygen atoms in total. The molecule has 0 fully saturated rings. The zero-order valence-electron chi connectivity index (χ0n) is 8.32. The lowest BCUT2D eigenvalue weighted by Crippen LogP contribution is -2.06. The first-order valence-electron chi connectivity index (χ1n) is 3.96. The zero-order chi connectivity index (χ0) is 13.6. The van der Waals surface area contributed by atoms with E-state index in [1.165, 1.54) is 0 Å². The molecule has 10 heteroatoms. The number of hydrogen-bond donors (Lipinski definition) is 4. The molecule has 0 amide bonds. The van der Waals surface area contributed by atoms with Gasteiger partial charge in [0.2, 0.25) is 0 Å². The lowest BCUT2D eigenvalue weighted by molar-refractivity contribution is 0.395. The predicted octanol–water partition coefficient (Wildman–Crippen LogP) is -0.100. The fourth-order valence-corrected chi connectivity index (χ4v) is 2.67. The normalized spacial score (nSPS) is 12.6. The minimum absolute atomic E-state index is 0.261. The number of rotatable bonds is 2. The van der Waals surface area contributed by atoms with E-state index >= 15 is 0 Å². The monoisotopic (exact) mass is 284 g/mol. The van der Waals surface area contributed by atoms with Crippen LogP contribution in [-0.2, 0) is 20.2 Å². The average molecular weight is 284 g/mol. The Bertz CT molecular complexity index is 670. The van der Waals surface area contributed by atoms with Gasteiger partial charge in [-0.2, -0.15) is 16.8 Å². The van der Waals surface area contributed by atoms with Crippen molar-refractivity contribution in [2.75, 3.05) is 0 Å². The fourth-order valence-electron chi connectivity index (χ4n) is 1.18. The van der Waals surface area contributed by atoms with E-state index in [-0.39, 0.29) is 5.56 Å². The van der Waals surface area contributed by atoms with Crippen LogP contribution in [0.4, 0.5) is 0 Å². The van der Waals surface area contributed by atoms with E-state index in [0.717, 1.165) is 6.92 Å². The Morgan fingerprint density at radius 1 is 0.941 bits per heavy atom. The maximum absolute atomic E-state index is 10.9. The molecule has 1 aromatic rings. The van der Waals surface area contributed by atoms with E-state index < -0.39 is 41.5 Å². The highest BCUT2D eigenvalue weighted by molar-refractivity contribution is 7.87. The van der Waals surface area contributed by atoms with Gasteiger partial charge >= 0.3 is 10.1 Å². The molecule has 0 saturated carbocycles. The number of benzene rings is 1. The molecule has 0 saturated heterocycles. The minimum atomic E-state index is -5.04. The van der Waals surface area contributed by atoms with E-state index in [9.17, 15) is 27.0 Å². The quantitative estimate of drug-likeness (QED) is 0.550. The Kier molecular flexibility index (Phi) is 3.09. The zero-order valence-corrected chi connectivity index (χ0v) is 9.95. The van der Waals surface area contributed by atoms with Crippen LogP contribution < -0.4 is 0 Å². The van der Waals surface area contributed by atoms with Crippen molar-refractivity contribution < 1.29 is 36.2 Å². The number of aryl methyl sites for hydroxylation is 1. The molecule has 0 atom stereocenters. The van der Waals surface area contributed by atoms with E-state index in [2.05, 4.69) is 0 Å². The number of hydrogen-bond acceptors (Lipinski definition) is 6. The third kappa shape index (κ3) is 2.49. The standard InChI is InChI=1S/C7H8O8S2/c1-3-2-4(16(10,11)12)6(9)7(5(3)8)17(13,14)15/h2,8-9H,1H3,(H,10,11,12)(H,13,14,15). The molecule has 0 aliphatic rings. The van der Waals surface area contributed by atoms with Crippen LogP contribution in [0.2, 0.25) is 0 Å². The summed E-state index contributed by atoms with van der Waals surface area (Å²) >= 11 is 0. The van der Waals surface area contributed by atoms with Crippen LogP contribution in [0.15, 0.2) is 15.9 Å². The van der Waals surface area contributed by atoms with Gasteiger partial charge in [0.1, 0.15) is 10.6 Å². The van der Waals surface area contributed by atoms with Gasteiger partial charge in [-0.25, -0.2) is 0 Å². The van der Waals surface area contributed by atoms with Crippen LogP contribution in [0, 0.1) is 6.92 Å². The second-order valence-electron chi connectivity index (χ2n) is 3.17. The average Bonchev–Trinajstić information content (AvgIpc) is 2.07. The third-order valence-electron chi connectivity index (χ3n) is 1.92. The molecule has 0 aromatic heterocycles. The second-order valence-corrected chi connectivity index (χ2v) is 5.92. The molecule has 0 radical (unpaired) electrons. The summed E-state index contributed by atoms with van der Waals surface area (Å²) < 4.78 is 60.9. The summed E-state index contributed by atoms with van der Waals surface area (Å²) in [6.07, 6.45) is 0. The number of phenolic OH excluding ortho intramolecular Hbond substituents is 2. The summed E-state index contributed by atoms with van der Waals surface area (Å²) in [5.41, 5.74) is -0.261. The van der Waals surface area contributed by atoms with Gasteiger partial charge in [0.15, 0.2) is 10.6 Å². The van der Waals surface area contributed by atoms with Crippen LogP contribution >= 0.6 is 0 Å². The first kappa shape index (κ1) is 13.7. The first-order chi connectivity index (χ1) is 7.46. The molecule has 1 rings (SSSR count). The Morgan fingerprint density at radius 2 is 1.41 bits per heavy atom. The van der Waals surface area contributed by atoms with Crippen molar-refractivity contribution in [3.05, 3.63) is 11.6 Å². The van der Waals surface area contributed by atoms with Gasteiger partial charge in [-0.3, -0.25) is 9.11 Å². The van der Waals surface area contributed by atoms with Crippen molar-refractivity contribution in [2.45, 2.75) is 16.7 Å². The van der Waals surface area contributed by atoms with Crippen LogP contribution in [0.3, 0.4) is 0 Å². The molecule has 0 heterocycles. The predicted molar refractivity (Wildman–Crippen MR) is 54.1 cm³/mol. The van der Waals surface area contributed by atoms with Gasteiger partial charge in [0.05, 0.1) is 0 Å². The van der Waals surface area contributed by atoms with Gasteiger partial charge in [-0.05, 0) is 18.6 Å². The summed E-state index contributed by atoms with van der Waals surface area (Å²) in [5.74, 6) is -2.45. The van der Waals surface area contributed by atoms with Gasteiger partial charge < -0.3 is 10.2 Å². The Labute approximate surface area is 96.6 Å². The summed E-state index contributed by atoms with van der Waals surface area (Å²) in [5, 5.41) is 18.7. The van der Waals surface area contributed by atoms with Gasteiger partial charge in [-0.1, -0.05) is 0 Å². The van der Waals surface area contributed by atoms with Crippen LogP contribution in [0.25, 0.3) is 0 Å². The Balaban J connectivity index is 3.93. The van der Waals surface area contributed by atoms with Crippen LogP contribution in [0.1, 0.15) is 5.56 Å². The highest BCUT2D eigenvalue weighted by Crippen LogP contribution is 2.39. The van der Waals surface area contributed by atoms with Crippen LogP contribution in [-0.4, -0.2) is 36.2 Å². The lowest BCUT2D eigenvalue weighted by Gasteiger charge is -2.10. The number of phenols is 2. The molecule has 1 aromatic carbocycles. The maximum atomic E-state index is 10.9. The van der Waals surface area contributed by atoms with Crippen molar-refractivity contribution in [1.82, 2.24) is 0 Å². The van der Waals surface area contributed by atoms with Crippen molar-refractivity contribution in [1.29, 1.82) is 0 Å². The number of aromatic hydroxyl groups is 2. The smallest absolute Gasteiger partial charge is 0.302 e. The molecule has 0 aliphatic heterocycles. The molecule has 96 valence electrons. The first-order valence-corrected chi connectivity index (χ1v) is 6.84. The summed E-state index contributed by atoms with van der Waals surface area (Å²) in [7, 11) is -9.94. The summed E-state index contributed by atoms with van der Waals surface area (Å²) in [6.45, 7) is 1.12. The van der Waals surface area contributed by atoms with Crippen molar-refractivity contribution in [3.63, 3.8) is 0 Å². The second kappa shape index (κ2) is 3.84. The molecule has 0 bridgehead atoms. The van der Waals surface area contributed by atoms with Gasteiger partial charge in [0.25, 0.3) is 10.1 Å². The van der Waals surface area contributed by atoms with Crippen LogP contribution in [0.5, 0.6) is 11.5 Å². The van der Waals surface area contributed by atoms with E-state index in [1.807, 2.05) is 0 Å². The summed E-state index contributed by atoms with van der Waals surface area (Å²) in [6, 6.07) is 0.661. The molecule has 0 unspecified atom stereocenters. The van der Waals surface area contributed by atoms with E-state index in [0.29, 0.717) is 6.07 Å². The molecular weight excluding hydrogens is 276 g/mol. The SMILES string of the molecule is Cc1cc(S(=O)(=O)O)c(O)c(S(=O)(=O)O)c1O. The largest absolute Gasteiger partial charge is 0.506 e. The van der Waals surface area contributed by atoms with Gasteiger partial charge in [0, 0.05) is 0 Å².